The van der Waals surface area contributed by atoms with Gasteiger partial charge in [-0.05, 0) is 71.8 Å². The van der Waals surface area contributed by atoms with Crippen LogP contribution in [0.3, 0.4) is 0 Å². The lowest BCUT2D eigenvalue weighted by Crippen LogP contribution is -2.45. The van der Waals surface area contributed by atoms with Gasteiger partial charge in [0.2, 0.25) is 0 Å². The van der Waals surface area contributed by atoms with Crippen LogP contribution in [0.25, 0.3) is 0 Å². The molecule has 10 nitrogen and oxygen atoms in total. The van der Waals surface area contributed by atoms with Gasteiger partial charge >= 0.3 is 12.0 Å². The van der Waals surface area contributed by atoms with Gasteiger partial charge in [0.05, 0.1) is 31.5 Å². The average molecular weight is 592 g/mol. The van der Waals surface area contributed by atoms with Crippen molar-refractivity contribution in [1.29, 1.82) is 0 Å². The molecule has 1 atom stereocenters. The third-order valence-corrected chi connectivity index (χ3v) is 5.64. The minimum atomic E-state index is -0.746. The smallest absolute Gasteiger partial charge is 0.338 e. The molecule has 1 aliphatic rings. The molecule has 0 fully saturated rings. The summed E-state index contributed by atoms with van der Waals surface area (Å²) in [6.45, 7) is 3.24. The Balaban J connectivity index is 1.69. The summed E-state index contributed by atoms with van der Waals surface area (Å²) in [5.41, 5.74) is 4.52. The lowest BCUT2D eigenvalue weighted by Gasteiger charge is -2.28. The second-order valence-corrected chi connectivity index (χ2v) is 8.58. The molecule has 35 heavy (non-hydrogen) atoms. The van der Waals surface area contributed by atoms with Crippen molar-refractivity contribution in [2.24, 2.45) is 5.10 Å². The first-order chi connectivity index (χ1) is 16.8. The minimum absolute atomic E-state index is 0.198. The molecule has 2 aromatic carbocycles. The number of ether oxygens (including phenoxy) is 3. The molecule has 0 aliphatic carbocycles. The van der Waals surface area contributed by atoms with E-state index >= 15 is 0 Å². The number of nitrogens with one attached hydrogen (secondary N) is 3. The van der Waals surface area contributed by atoms with E-state index in [4.69, 9.17) is 14.2 Å². The van der Waals surface area contributed by atoms with Crippen molar-refractivity contribution in [3.63, 3.8) is 0 Å². The number of hydrogen-bond acceptors (Lipinski definition) is 7. The fraction of sp³-hybridized carbons (Fsp3) is 0.250. The SMILES string of the molecule is CCOC(=O)C1=C(C)NC(=O)N[C@H]1c1ccc(OCC(=O)N/N=C\c2ccc(I)cc2)c(OC)c1. The molecule has 0 spiro atoms. The van der Waals surface area contributed by atoms with Crippen LogP contribution in [0.15, 0.2) is 58.8 Å². The van der Waals surface area contributed by atoms with E-state index in [2.05, 4.69) is 43.8 Å². The Kier molecular flexibility index (Phi) is 9.06. The molecule has 3 N–H and O–H groups in total. The van der Waals surface area contributed by atoms with Gasteiger partial charge in [0.15, 0.2) is 18.1 Å². The minimum Gasteiger partial charge on any atom is -0.493 e. The summed E-state index contributed by atoms with van der Waals surface area (Å²) in [5.74, 6) is -0.353. The zero-order valence-corrected chi connectivity index (χ0v) is 21.5. The monoisotopic (exact) mass is 592 g/mol. The number of benzene rings is 2. The van der Waals surface area contributed by atoms with E-state index in [1.165, 1.54) is 13.3 Å². The van der Waals surface area contributed by atoms with Crippen LogP contribution in [0.2, 0.25) is 0 Å². The summed E-state index contributed by atoms with van der Waals surface area (Å²) in [5, 5.41) is 9.24. The predicted molar refractivity (Wildman–Crippen MR) is 137 cm³/mol. The van der Waals surface area contributed by atoms with Crippen molar-refractivity contribution in [2.45, 2.75) is 19.9 Å². The second kappa shape index (κ2) is 12.2. The van der Waals surface area contributed by atoms with Crippen molar-refractivity contribution in [1.82, 2.24) is 16.1 Å². The lowest BCUT2D eigenvalue weighted by atomic mass is 9.95. The van der Waals surface area contributed by atoms with Crippen LogP contribution >= 0.6 is 22.6 Å². The number of hydrazone groups is 1. The van der Waals surface area contributed by atoms with Crippen molar-refractivity contribution in [2.75, 3.05) is 20.3 Å². The number of hydrogen-bond donors (Lipinski definition) is 3. The topological polar surface area (TPSA) is 127 Å². The Morgan fingerprint density at radius 3 is 2.60 bits per heavy atom. The van der Waals surface area contributed by atoms with Crippen LogP contribution in [0, 0.1) is 3.57 Å². The van der Waals surface area contributed by atoms with Crippen LogP contribution in [0.1, 0.15) is 31.0 Å². The predicted octanol–water partition coefficient (Wildman–Crippen LogP) is 3.02. The first-order valence-corrected chi connectivity index (χ1v) is 11.7. The third-order valence-electron chi connectivity index (χ3n) is 4.92. The van der Waals surface area contributed by atoms with Crippen molar-refractivity contribution >= 4 is 46.7 Å². The summed E-state index contributed by atoms with van der Waals surface area (Å²) < 4.78 is 17.2. The van der Waals surface area contributed by atoms with Gasteiger partial charge in [0.25, 0.3) is 5.91 Å². The highest BCUT2D eigenvalue weighted by Crippen LogP contribution is 2.34. The Morgan fingerprint density at radius 1 is 1.17 bits per heavy atom. The van der Waals surface area contributed by atoms with Crippen molar-refractivity contribution in [3.8, 4) is 11.5 Å². The van der Waals surface area contributed by atoms with Gasteiger partial charge in [-0.2, -0.15) is 5.10 Å². The van der Waals surface area contributed by atoms with Crippen LogP contribution in [0.5, 0.6) is 11.5 Å². The maximum atomic E-state index is 12.5. The van der Waals surface area contributed by atoms with Crippen LogP contribution in [-0.2, 0) is 14.3 Å². The average Bonchev–Trinajstić information content (AvgIpc) is 2.83. The number of nitrogens with zero attached hydrogens (tertiary/aromatic N) is 1. The molecule has 1 heterocycles. The standard InChI is InChI=1S/C24H25IN4O6/c1-4-34-23(31)21-14(2)27-24(32)28-22(21)16-7-10-18(19(11-16)33-3)35-13-20(30)29-26-12-15-5-8-17(25)9-6-15/h5-12,22H,4,13H2,1-3H3,(H,29,30)(H2,27,28,32)/b26-12-/t22-/m0/s1. The number of rotatable bonds is 9. The van der Waals surface area contributed by atoms with Crippen LogP contribution in [-0.4, -0.2) is 44.4 Å². The number of esters is 1. The quantitative estimate of drug-likeness (QED) is 0.178. The zero-order valence-electron chi connectivity index (χ0n) is 19.4. The zero-order chi connectivity index (χ0) is 25.4. The number of carbonyl (C=O) groups excluding carboxylic acids is 3. The van der Waals surface area contributed by atoms with Crippen molar-refractivity contribution in [3.05, 3.63) is 68.4 Å². The third kappa shape index (κ3) is 6.94. The Morgan fingerprint density at radius 2 is 1.91 bits per heavy atom. The van der Waals surface area contributed by atoms with Crippen LogP contribution < -0.4 is 25.5 Å². The summed E-state index contributed by atoms with van der Waals surface area (Å²) >= 11 is 2.21. The maximum Gasteiger partial charge on any atom is 0.338 e. The van der Waals surface area contributed by atoms with E-state index in [0.29, 0.717) is 22.8 Å². The number of allylic oxidation sites excluding steroid dienone is 1. The highest BCUT2D eigenvalue weighted by atomic mass is 127. The van der Waals surface area contributed by atoms with Gasteiger partial charge in [-0.3, -0.25) is 4.79 Å². The van der Waals surface area contributed by atoms with E-state index in [1.807, 2.05) is 24.3 Å². The van der Waals surface area contributed by atoms with Gasteiger partial charge < -0.3 is 24.8 Å². The molecule has 0 unspecified atom stereocenters. The first-order valence-electron chi connectivity index (χ1n) is 10.7. The molecule has 184 valence electrons. The highest BCUT2D eigenvalue weighted by molar-refractivity contribution is 14.1. The molecule has 0 radical (unpaired) electrons. The molecule has 3 amide bonds. The molecule has 2 aromatic rings. The Hall–Kier alpha value is -3.61. The van der Waals surface area contributed by atoms with Gasteiger partial charge in [0, 0.05) is 9.27 Å². The van der Waals surface area contributed by atoms with E-state index in [1.54, 1.807) is 32.0 Å². The summed E-state index contributed by atoms with van der Waals surface area (Å²) in [6.07, 6.45) is 1.54. The normalized spacial score (nSPS) is 15.3. The molecular weight excluding hydrogens is 567 g/mol. The molecular formula is C24H25IN4O6. The molecule has 0 saturated heterocycles. The van der Waals surface area contributed by atoms with E-state index in [9.17, 15) is 14.4 Å². The first kappa shape index (κ1) is 26.0. The number of halogens is 1. The molecule has 3 rings (SSSR count). The number of urea groups is 1. The molecule has 0 saturated carbocycles. The Bertz CT molecular complexity index is 1160. The number of methoxy groups -OCH3 is 1. The van der Waals surface area contributed by atoms with Gasteiger partial charge in [-0.25, -0.2) is 15.0 Å². The number of amides is 3. The van der Waals surface area contributed by atoms with Gasteiger partial charge in [-0.1, -0.05) is 18.2 Å². The fourth-order valence-electron chi connectivity index (χ4n) is 3.31. The largest absolute Gasteiger partial charge is 0.493 e. The van der Waals surface area contributed by atoms with Gasteiger partial charge in [-0.15, -0.1) is 0 Å². The fourth-order valence-corrected chi connectivity index (χ4v) is 3.67. The molecule has 0 bridgehead atoms. The lowest BCUT2D eigenvalue weighted by molar-refractivity contribution is -0.139. The second-order valence-electron chi connectivity index (χ2n) is 7.33. The highest BCUT2D eigenvalue weighted by Gasteiger charge is 2.32. The molecule has 11 heteroatoms. The van der Waals surface area contributed by atoms with Crippen molar-refractivity contribution < 1.29 is 28.6 Å². The molecule has 1 aliphatic heterocycles. The van der Waals surface area contributed by atoms with Crippen LogP contribution in [0.4, 0.5) is 4.79 Å². The maximum absolute atomic E-state index is 12.5. The Labute approximate surface area is 216 Å². The van der Waals surface area contributed by atoms with E-state index in [0.717, 1.165) is 9.13 Å². The van der Waals surface area contributed by atoms with E-state index < -0.39 is 23.9 Å². The van der Waals surface area contributed by atoms with E-state index in [-0.39, 0.29) is 18.8 Å². The summed E-state index contributed by atoms with van der Waals surface area (Å²) in [4.78, 5) is 36.7. The number of carbonyl (C=O) groups is 3. The van der Waals surface area contributed by atoms with Gasteiger partial charge in [0.1, 0.15) is 0 Å². The summed E-state index contributed by atoms with van der Waals surface area (Å²) in [6, 6.07) is 11.4. The summed E-state index contributed by atoms with van der Waals surface area (Å²) in [7, 11) is 1.45. The molecule has 0 aromatic heterocycles.